The average Bonchev–Trinajstić information content (AvgIpc) is 3.01. The molecular weight excluding hydrogens is 462 g/mol. The lowest BCUT2D eigenvalue weighted by Crippen LogP contribution is -2.38. The number of hydrogen-bond donors (Lipinski definition) is 2. The molecule has 0 spiro atoms. The molecule has 2 aromatic rings. The summed E-state index contributed by atoms with van der Waals surface area (Å²) in [6, 6.07) is 12.0. The van der Waals surface area contributed by atoms with Crippen molar-refractivity contribution in [2.45, 2.75) is 13.3 Å². The lowest BCUT2D eigenvalue weighted by molar-refractivity contribution is -0.127. The number of hydrogen-bond acceptors (Lipinski definition) is 4. The Balaban J connectivity index is 1.69. The van der Waals surface area contributed by atoms with Gasteiger partial charge in [0.2, 0.25) is 5.91 Å². The van der Waals surface area contributed by atoms with E-state index in [1.54, 1.807) is 36.4 Å². The van der Waals surface area contributed by atoms with Crippen LogP contribution >= 0.6 is 15.9 Å². The average molecular weight is 484 g/mol. The molecule has 1 fully saturated rings. The van der Waals surface area contributed by atoms with Gasteiger partial charge in [-0.3, -0.25) is 9.59 Å². The van der Waals surface area contributed by atoms with Crippen LogP contribution in [0.3, 0.4) is 0 Å². The molecule has 1 heterocycles. The van der Waals surface area contributed by atoms with Crippen molar-refractivity contribution in [1.82, 2.24) is 10.2 Å². The number of aryl methyl sites for hydroxylation is 1. The minimum Gasteiger partial charge on any atom is -0.488 e. The van der Waals surface area contributed by atoms with Crippen molar-refractivity contribution in [2.24, 2.45) is 0 Å². The van der Waals surface area contributed by atoms with Crippen molar-refractivity contribution in [2.75, 3.05) is 18.5 Å². The number of imide groups is 1. The molecule has 0 bridgehead atoms. The molecule has 4 amide bonds. The summed E-state index contributed by atoms with van der Waals surface area (Å²) in [6.07, 6.45) is 3.94. The van der Waals surface area contributed by atoms with Gasteiger partial charge in [0.05, 0.1) is 4.47 Å². The van der Waals surface area contributed by atoms with Crippen molar-refractivity contribution in [1.29, 1.82) is 0 Å². The number of carbonyl (C=O) groups excluding carboxylic acids is 3. The third kappa shape index (κ3) is 5.40. The van der Waals surface area contributed by atoms with Crippen LogP contribution in [0.15, 0.2) is 65.3 Å². The van der Waals surface area contributed by atoms with Gasteiger partial charge in [-0.1, -0.05) is 43.8 Å². The van der Waals surface area contributed by atoms with Crippen LogP contribution < -0.4 is 15.4 Å². The van der Waals surface area contributed by atoms with Gasteiger partial charge in [-0.25, -0.2) is 9.69 Å². The molecule has 8 heteroatoms. The predicted octanol–water partition coefficient (Wildman–Crippen LogP) is 4.11. The topological polar surface area (TPSA) is 87.7 Å². The molecule has 1 aliphatic rings. The van der Waals surface area contributed by atoms with E-state index in [1.807, 2.05) is 25.1 Å². The number of urea groups is 1. The minimum atomic E-state index is -0.639. The molecule has 3 rings (SSSR count). The Bertz CT molecular complexity index is 1060. The Morgan fingerprint density at radius 1 is 1.26 bits per heavy atom. The van der Waals surface area contributed by atoms with Crippen molar-refractivity contribution < 1.29 is 19.1 Å². The van der Waals surface area contributed by atoms with E-state index in [4.69, 9.17) is 4.74 Å². The van der Waals surface area contributed by atoms with E-state index in [0.717, 1.165) is 16.9 Å². The first kappa shape index (κ1) is 22.3. The van der Waals surface area contributed by atoms with Gasteiger partial charge in [-0.2, -0.15) is 0 Å². The summed E-state index contributed by atoms with van der Waals surface area (Å²) < 4.78 is 6.20. The quantitative estimate of drug-likeness (QED) is 0.336. The number of halogens is 1. The number of rotatable bonds is 8. The van der Waals surface area contributed by atoms with E-state index in [9.17, 15) is 14.4 Å². The maximum Gasteiger partial charge on any atom is 0.329 e. The SMILES string of the molecule is C=CCOc1ccc(/C=C2/NC(=O)N(CC(=O)Nc3ccccc3CC)C2=O)cc1Br. The Morgan fingerprint density at radius 2 is 2.03 bits per heavy atom. The second-order valence-electron chi connectivity index (χ2n) is 6.73. The van der Waals surface area contributed by atoms with Crippen LogP contribution in [0.4, 0.5) is 10.5 Å². The zero-order valence-corrected chi connectivity index (χ0v) is 18.6. The summed E-state index contributed by atoms with van der Waals surface area (Å²) in [5.41, 5.74) is 2.42. The third-order valence-electron chi connectivity index (χ3n) is 4.56. The summed E-state index contributed by atoms with van der Waals surface area (Å²) in [5, 5.41) is 5.29. The standard InChI is InChI=1S/C23H22BrN3O4/c1-3-11-31-20-10-9-15(12-17(20)24)13-19-22(29)27(23(30)26-19)14-21(28)25-18-8-6-5-7-16(18)4-2/h3,5-10,12-13H,1,4,11,14H2,2H3,(H,25,28)(H,26,30)/b19-13+. The first-order valence-corrected chi connectivity index (χ1v) is 10.5. The predicted molar refractivity (Wildman–Crippen MR) is 123 cm³/mol. The molecule has 31 heavy (non-hydrogen) atoms. The van der Waals surface area contributed by atoms with Crippen molar-refractivity contribution >= 4 is 45.5 Å². The van der Waals surface area contributed by atoms with Gasteiger partial charge in [0.1, 0.15) is 24.6 Å². The lowest BCUT2D eigenvalue weighted by Gasteiger charge is -2.13. The van der Waals surface area contributed by atoms with Gasteiger partial charge in [-0.05, 0) is 57.8 Å². The van der Waals surface area contributed by atoms with Gasteiger partial charge in [-0.15, -0.1) is 0 Å². The highest BCUT2D eigenvalue weighted by Gasteiger charge is 2.35. The van der Waals surface area contributed by atoms with Gasteiger partial charge >= 0.3 is 6.03 Å². The number of anilines is 1. The summed E-state index contributed by atoms with van der Waals surface area (Å²) in [7, 11) is 0. The number of ether oxygens (including phenoxy) is 1. The van der Waals surface area contributed by atoms with E-state index in [0.29, 0.717) is 28.1 Å². The fraction of sp³-hybridized carbons (Fsp3) is 0.174. The number of nitrogens with zero attached hydrogens (tertiary/aromatic N) is 1. The second kappa shape index (κ2) is 10.1. The molecule has 2 aromatic carbocycles. The number of para-hydroxylation sites is 1. The largest absolute Gasteiger partial charge is 0.488 e. The van der Waals surface area contributed by atoms with Crippen LogP contribution in [0.1, 0.15) is 18.1 Å². The van der Waals surface area contributed by atoms with E-state index in [-0.39, 0.29) is 12.2 Å². The third-order valence-corrected chi connectivity index (χ3v) is 5.18. The summed E-state index contributed by atoms with van der Waals surface area (Å²) in [6.45, 7) is 5.58. The Kier molecular flexibility index (Phi) is 7.25. The molecule has 0 unspecified atom stereocenters. The molecule has 1 aliphatic heterocycles. The van der Waals surface area contributed by atoms with Gasteiger partial charge in [0.15, 0.2) is 0 Å². The Hall–Kier alpha value is -3.39. The summed E-state index contributed by atoms with van der Waals surface area (Å²) in [4.78, 5) is 38.3. The van der Waals surface area contributed by atoms with Crippen molar-refractivity contribution in [3.8, 4) is 5.75 Å². The van der Waals surface area contributed by atoms with Crippen LogP contribution in [0, 0.1) is 0 Å². The zero-order valence-electron chi connectivity index (χ0n) is 17.0. The van der Waals surface area contributed by atoms with Crippen LogP contribution in [0.5, 0.6) is 5.75 Å². The Labute approximate surface area is 188 Å². The molecule has 2 N–H and O–H groups in total. The molecule has 0 radical (unpaired) electrons. The van der Waals surface area contributed by atoms with Crippen LogP contribution in [-0.4, -0.2) is 35.9 Å². The van der Waals surface area contributed by atoms with E-state index >= 15 is 0 Å². The first-order chi connectivity index (χ1) is 14.9. The van der Waals surface area contributed by atoms with E-state index in [1.165, 1.54) is 0 Å². The van der Waals surface area contributed by atoms with Gasteiger partial charge in [0.25, 0.3) is 5.91 Å². The van der Waals surface area contributed by atoms with E-state index < -0.39 is 17.8 Å². The number of amides is 4. The van der Waals surface area contributed by atoms with Gasteiger partial charge < -0.3 is 15.4 Å². The van der Waals surface area contributed by atoms with E-state index in [2.05, 4.69) is 33.1 Å². The maximum atomic E-state index is 12.7. The molecule has 0 aliphatic carbocycles. The van der Waals surface area contributed by atoms with Crippen molar-refractivity contribution in [3.05, 3.63) is 76.4 Å². The molecule has 1 saturated heterocycles. The molecule has 7 nitrogen and oxygen atoms in total. The zero-order chi connectivity index (χ0) is 22.4. The molecule has 160 valence electrons. The highest BCUT2D eigenvalue weighted by atomic mass is 79.9. The maximum absolute atomic E-state index is 12.7. The fourth-order valence-electron chi connectivity index (χ4n) is 3.04. The van der Waals surface area contributed by atoms with Crippen LogP contribution in [-0.2, 0) is 16.0 Å². The molecular formula is C23H22BrN3O4. The number of nitrogens with one attached hydrogen (secondary N) is 2. The van der Waals surface area contributed by atoms with Crippen molar-refractivity contribution in [3.63, 3.8) is 0 Å². The molecule has 0 saturated carbocycles. The monoisotopic (exact) mass is 483 g/mol. The van der Waals surface area contributed by atoms with Crippen LogP contribution in [0.2, 0.25) is 0 Å². The molecule has 0 atom stereocenters. The normalized spacial score (nSPS) is 14.5. The lowest BCUT2D eigenvalue weighted by atomic mass is 10.1. The second-order valence-corrected chi connectivity index (χ2v) is 7.58. The van der Waals surface area contributed by atoms with Crippen LogP contribution in [0.25, 0.3) is 6.08 Å². The number of carbonyl (C=O) groups is 3. The summed E-state index contributed by atoms with van der Waals surface area (Å²) in [5.74, 6) is -0.376. The van der Waals surface area contributed by atoms with Gasteiger partial charge in [0, 0.05) is 5.69 Å². The fourth-order valence-corrected chi connectivity index (χ4v) is 3.55. The highest BCUT2D eigenvalue weighted by Crippen LogP contribution is 2.27. The minimum absolute atomic E-state index is 0.0958. The molecule has 0 aromatic heterocycles. The summed E-state index contributed by atoms with van der Waals surface area (Å²) >= 11 is 3.42. The number of benzene rings is 2. The smallest absolute Gasteiger partial charge is 0.329 e. The first-order valence-electron chi connectivity index (χ1n) is 9.68. The Morgan fingerprint density at radius 3 is 2.74 bits per heavy atom. The highest BCUT2D eigenvalue weighted by molar-refractivity contribution is 9.10.